The SMILES string of the molecule is CCOc1ccc(C2=NN(c3ccccc3)C(c3ccc(C4CC(c5ccc(OCC)cc5)=NN4c4ccccc4)cc3)C2)cc1. The first-order valence-electron chi connectivity index (χ1n) is 16.1. The van der Waals surface area contributed by atoms with Crippen LogP contribution in [0, 0.1) is 0 Å². The zero-order valence-electron chi connectivity index (χ0n) is 26.3. The summed E-state index contributed by atoms with van der Waals surface area (Å²) in [7, 11) is 0. The third-order valence-corrected chi connectivity index (χ3v) is 8.57. The third kappa shape index (κ3) is 6.11. The quantitative estimate of drug-likeness (QED) is 0.159. The number of nitrogens with zero attached hydrogens (tertiary/aromatic N) is 4. The zero-order chi connectivity index (χ0) is 31.3. The molecule has 0 bridgehead atoms. The molecule has 6 heteroatoms. The lowest BCUT2D eigenvalue weighted by Crippen LogP contribution is -2.20. The van der Waals surface area contributed by atoms with Gasteiger partial charge in [-0.05, 0) is 109 Å². The highest BCUT2D eigenvalue weighted by Crippen LogP contribution is 2.40. The molecule has 0 radical (unpaired) electrons. The predicted molar refractivity (Wildman–Crippen MR) is 187 cm³/mol. The molecule has 2 atom stereocenters. The van der Waals surface area contributed by atoms with Gasteiger partial charge in [0.05, 0.1) is 48.1 Å². The fourth-order valence-electron chi connectivity index (χ4n) is 6.29. The Balaban J connectivity index is 1.16. The monoisotopic (exact) mass is 606 g/mol. The number of hydrazone groups is 2. The minimum atomic E-state index is 0.0856. The highest BCUT2D eigenvalue weighted by Gasteiger charge is 2.32. The average molecular weight is 607 g/mol. The number of hydrogen-bond acceptors (Lipinski definition) is 6. The van der Waals surface area contributed by atoms with Gasteiger partial charge in [0.2, 0.25) is 0 Å². The van der Waals surface area contributed by atoms with Gasteiger partial charge in [0.25, 0.3) is 0 Å². The molecule has 2 heterocycles. The van der Waals surface area contributed by atoms with Crippen molar-refractivity contribution in [3.8, 4) is 11.5 Å². The highest BCUT2D eigenvalue weighted by molar-refractivity contribution is 6.04. The van der Waals surface area contributed by atoms with E-state index >= 15 is 0 Å². The largest absolute Gasteiger partial charge is 0.494 e. The lowest BCUT2D eigenvalue weighted by atomic mass is 9.94. The van der Waals surface area contributed by atoms with Crippen LogP contribution in [-0.2, 0) is 0 Å². The smallest absolute Gasteiger partial charge is 0.119 e. The van der Waals surface area contributed by atoms with Gasteiger partial charge in [0.1, 0.15) is 11.5 Å². The standard InChI is InChI=1S/C40H38N4O2/c1-3-45-35-23-19-29(20-24-35)37-27-39(43(41-37)33-11-7-5-8-12-33)31-15-17-32(18-16-31)40-28-38(30-21-25-36(26-22-30)46-4-2)42-44(40)34-13-9-6-10-14-34/h5-26,39-40H,3-4,27-28H2,1-2H3. The van der Waals surface area contributed by atoms with E-state index in [4.69, 9.17) is 19.7 Å². The summed E-state index contributed by atoms with van der Waals surface area (Å²) in [6.45, 7) is 5.31. The van der Waals surface area contributed by atoms with Crippen LogP contribution in [0.4, 0.5) is 11.4 Å². The second kappa shape index (κ2) is 13.3. The van der Waals surface area contributed by atoms with Crippen LogP contribution in [0.2, 0.25) is 0 Å². The van der Waals surface area contributed by atoms with E-state index in [9.17, 15) is 0 Å². The molecule has 0 fully saturated rings. The topological polar surface area (TPSA) is 49.7 Å². The number of hydrogen-bond donors (Lipinski definition) is 0. The van der Waals surface area contributed by atoms with Crippen molar-refractivity contribution in [2.24, 2.45) is 10.2 Å². The van der Waals surface area contributed by atoms with Gasteiger partial charge in [-0.25, -0.2) is 0 Å². The van der Waals surface area contributed by atoms with Crippen molar-refractivity contribution in [1.29, 1.82) is 0 Å². The van der Waals surface area contributed by atoms with E-state index in [1.807, 2.05) is 50.2 Å². The maximum Gasteiger partial charge on any atom is 0.119 e. The van der Waals surface area contributed by atoms with Gasteiger partial charge in [0, 0.05) is 12.8 Å². The molecule has 2 aliphatic heterocycles. The van der Waals surface area contributed by atoms with Crippen LogP contribution in [0.5, 0.6) is 11.5 Å². The van der Waals surface area contributed by atoms with Crippen molar-refractivity contribution in [2.45, 2.75) is 38.8 Å². The van der Waals surface area contributed by atoms with Crippen LogP contribution < -0.4 is 19.5 Å². The molecule has 230 valence electrons. The Morgan fingerprint density at radius 2 is 0.870 bits per heavy atom. The van der Waals surface area contributed by atoms with Gasteiger partial charge >= 0.3 is 0 Å². The first-order chi connectivity index (χ1) is 22.7. The van der Waals surface area contributed by atoms with Crippen LogP contribution in [0.3, 0.4) is 0 Å². The molecular formula is C40H38N4O2. The number of para-hydroxylation sites is 2. The van der Waals surface area contributed by atoms with Gasteiger partial charge in [-0.15, -0.1) is 0 Å². The van der Waals surface area contributed by atoms with Gasteiger partial charge in [0.15, 0.2) is 0 Å². The Bertz CT molecular complexity index is 1670. The van der Waals surface area contributed by atoms with Crippen molar-refractivity contribution < 1.29 is 9.47 Å². The lowest BCUT2D eigenvalue weighted by molar-refractivity contribution is 0.340. The van der Waals surface area contributed by atoms with Crippen molar-refractivity contribution >= 4 is 22.8 Å². The molecule has 0 aromatic heterocycles. The number of rotatable bonds is 10. The van der Waals surface area contributed by atoms with Gasteiger partial charge in [-0.3, -0.25) is 10.0 Å². The normalized spacial score (nSPS) is 17.5. The van der Waals surface area contributed by atoms with Crippen LogP contribution in [0.15, 0.2) is 144 Å². The highest BCUT2D eigenvalue weighted by atomic mass is 16.5. The van der Waals surface area contributed by atoms with Crippen LogP contribution in [0.1, 0.15) is 61.0 Å². The summed E-state index contributed by atoms with van der Waals surface area (Å²) >= 11 is 0. The van der Waals surface area contributed by atoms with Crippen molar-refractivity contribution in [2.75, 3.05) is 23.2 Å². The van der Waals surface area contributed by atoms with E-state index in [1.165, 1.54) is 11.1 Å². The van der Waals surface area contributed by atoms with E-state index in [-0.39, 0.29) is 12.1 Å². The third-order valence-electron chi connectivity index (χ3n) is 8.57. The summed E-state index contributed by atoms with van der Waals surface area (Å²) in [4.78, 5) is 0. The van der Waals surface area contributed by atoms with Gasteiger partial charge in [-0.2, -0.15) is 10.2 Å². The molecule has 2 unspecified atom stereocenters. The maximum absolute atomic E-state index is 5.67. The second-order valence-corrected chi connectivity index (χ2v) is 11.5. The minimum absolute atomic E-state index is 0.0856. The summed E-state index contributed by atoms with van der Waals surface area (Å²) in [5.74, 6) is 1.76. The van der Waals surface area contributed by atoms with Crippen LogP contribution >= 0.6 is 0 Å². The zero-order valence-corrected chi connectivity index (χ0v) is 26.3. The Labute approximate surface area is 271 Å². The molecule has 5 aromatic rings. The fraction of sp³-hybridized carbons (Fsp3) is 0.200. The average Bonchev–Trinajstić information content (AvgIpc) is 3.77. The van der Waals surface area contributed by atoms with E-state index in [0.29, 0.717) is 13.2 Å². The van der Waals surface area contributed by atoms with E-state index in [2.05, 4.69) is 107 Å². The molecule has 6 nitrogen and oxygen atoms in total. The molecule has 46 heavy (non-hydrogen) atoms. The van der Waals surface area contributed by atoms with E-state index in [0.717, 1.165) is 58.3 Å². The molecule has 0 saturated carbocycles. The summed E-state index contributed by atoms with van der Waals surface area (Å²) in [5, 5.41) is 14.6. The molecule has 0 amide bonds. The second-order valence-electron chi connectivity index (χ2n) is 11.5. The first-order valence-corrected chi connectivity index (χ1v) is 16.1. The molecule has 5 aromatic carbocycles. The molecular weight excluding hydrogens is 568 g/mol. The molecule has 0 saturated heterocycles. The number of benzene rings is 5. The fourth-order valence-corrected chi connectivity index (χ4v) is 6.29. The van der Waals surface area contributed by atoms with Crippen LogP contribution in [-0.4, -0.2) is 24.6 Å². The predicted octanol–water partition coefficient (Wildman–Crippen LogP) is 9.20. The van der Waals surface area contributed by atoms with E-state index in [1.54, 1.807) is 0 Å². The Morgan fingerprint density at radius 1 is 0.500 bits per heavy atom. The molecule has 2 aliphatic rings. The summed E-state index contributed by atoms with van der Waals surface area (Å²) < 4.78 is 11.3. The van der Waals surface area contributed by atoms with Crippen LogP contribution in [0.25, 0.3) is 0 Å². The van der Waals surface area contributed by atoms with Crippen molar-refractivity contribution in [3.05, 3.63) is 156 Å². The Kier molecular flexibility index (Phi) is 8.51. The number of ether oxygens (including phenoxy) is 2. The Morgan fingerprint density at radius 3 is 1.22 bits per heavy atom. The first kappa shape index (κ1) is 29.4. The molecule has 0 N–H and O–H groups in total. The summed E-state index contributed by atoms with van der Waals surface area (Å²) in [5.41, 5.74) is 9.00. The molecule has 0 spiro atoms. The minimum Gasteiger partial charge on any atom is -0.494 e. The van der Waals surface area contributed by atoms with E-state index < -0.39 is 0 Å². The van der Waals surface area contributed by atoms with Gasteiger partial charge < -0.3 is 9.47 Å². The maximum atomic E-state index is 5.67. The lowest BCUT2D eigenvalue weighted by Gasteiger charge is -2.26. The summed E-state index contributed by atoms with van der Waals surface area (Å²) in [6.07, 6.45) is 1.62. The Hall–Kier alpha value is -5.36. The van der Waals surface area contributed by atoms with Crippen molar-refractivity contribution in [3.63, 3.8) is 0 Å². The molecule has 7 rings (SSSR count). The van der Waals surface area contributed by atoms with Crippen molar-refractivity contribution in [1.82, 2.24) is 0 Å². The van der Waals surface area contributed by atoms with Gasteiger partial charge in [-0.1, -0.05) is 60.7 Å². The summed E-state index contributed by atoms with van der Waals surface area (Å²) in [6, 6.07) is 46.7. The molecule has 0 aliphatic carbocycles. The number of anilines is 2.